The van der Waals surface area contributed by atoms with Gasteiger partial charge >= 0.3 is 6.09 Å². The van der Waals surface area contributed by atoms with Gasteiger partial charge in [-0.1, -0.05) is 40.5 Å². The van der Waals surface area contributed by atoms with Crippen LogP contribution in [0.25, 0.3) is 11.0 Å². The van der Waals surface area contributed by atoms with E-state index in [0.717, 1.165) is 49.6 Å². The Hall–Kier alpha value is -4.35. The summed E-state index contributed by atoms with van der Waals surface area (Å²) >= 11 is 0. The summed E-state index contributed by atoms with van der Waals surface area (Å²) < 4.78 is 18.8. The zero-order chi connectivity index (χ0) is 35.2. The van der Waals surface area contributed by atoms with Crippen LogP contribution in [0.5, 0.6) is 11.6 Å². The number of benzene rings is 1. The molecule has 3 aromatic rings. The maximum Gasteiger partial charge on any atom is 0.408 e. The summed E-state index contributed by atoms with van der Waals surface area (Å²) in [6.45, 7) is 10.1. The number of fused-ring (bicyclic) bond motifs is 7. The molecule has 4 aliphatic rings. The molecule has 0 radical (unpaired) electrons. The molecule has 0 spiro atoms. The van der Waals surface area contributed by atoms with Crippen molar-refractivity contribution in [2.45, 2.75) is 110 Å². The van der Waals surface area contributed by atoms with Crippen LogP contribution in [0.1, 0.15) is 84.5 Å². The van der Waals surface area contributed by atoms with E-state index in [1.165, 1.54) is 6.42 Å². The monoisotopic (exact) mass is 684 g/mol. The molecule has 2 aliphatic carbocycles. The van der Waals surface area contributed by atoms with Gasteiger partial charge in [0, 0.05) is 30.3 Å². The molecule has 1 aromatic carbocycles. The van der Waals surface area contributed by atoms with Crippen molar-refractivity contribution in [3.63, 3.8) is 0 Å². The van der Waals surface area contributed by atoms with Crippen molar-refractivity contribution in [2.75, 3.05) is 6.54 Å². The molecule has 2 bridgehead atoms. The highest BCUT2D eigenvalue weighted by Gasteiger charge is 2.60. The fraction of sp³-hybridized carbons (Fsp3) is 0.605. The predicted octanol–water partition coefficient (Wildman–Crippen LogP) is 5.46. The number of aromatic nitrogens is 4. The van der Waals surface area contributed by atoms with Crippen molar-refractivity contribution >= 4 is 29.3 Å². The molecule has 12 nitrogen and oxygen atoms in total. The lowest BCUT2D eigenvalue weighted by molar-refractivity contribution is -0.139. The Morgan fingerprint density at radius 3 is 2.72 bits per heavy atom. The minimum Gasteiger partial charge on any atom is -0.487 e. The number of amides is 2. The van der Waals surface area contributed by atoms with E-state index >= 15 is 0 Å². The smallest absolute Gasteiger partial charge is 0.408 e. The summed E-state index contributed by atoms with van der Waals surface area (Å²) in [6.07, 6.45) is 11.2. The van der Waals surface area contributed by atoms with E-state index in [4.69, 9.17) is 24.2 Å². The van der Waals surface area contributed by atoms with Gasteiger partial charge in [0.05, 0.1) is 35.5 Å². The molecule has 12 heteroatoms. The minimum atomic E-state index is -0.906. The van der Waals surface area contributed by atoms with Crippen molar-refractivity contribution in [3.05, 3.63) is 48.2 Å². The van der Waals surface area contributed by atoms with Gasteiger partial charge in [-0.05, 0) is 68.4 Å². The van der Waals surface area contributed by atoms with Gasteiger partial charge in [-0.25, -0.2) is 14.8 Å². The molecule has 2 saturated carbocycles. The molecule has 7 rings (SSSR count). The van der Waals surface area contributed by atoms with E-state index in [-0.39, 0.29) is 30.9 Å². The number of carbonyl (C=O) groups excluding carboxylic acids is 3. The standard InChI is InChI=1S/C38H48N6O6/c1-22-31(20-45)44-19-32(22)49-34-29(41-28-12-11-25(16-30(28)42-34)48-21-24-18-39-13-14-40-24)10-8-6-7-9-27-26-15-23(26)17-38(27,5)50-36(47)43-33(35(44)46)37(2,3)4/h11-14,16,18,20,22-23,26-27,31-33H,6-10,15,17,19,21H2,1-5H3,(H,43,47)/t22-,23?,26?,27+,31+,32-,33+,38+/m0/s1. The lowest BCUT2D eigenvalue weighted by atomic mass is 9.83. The van der Waals surface area contributed by atoms with E-state index in [2.05, 4.69) is 22.2 Å². The summed E-state index contributed by atoms with van der Waals surface area (Å²) in [5.74, 6) is 1.80. The molecule has 1 N–H and O–H groups in total. The van der Waals surface area contributed by atoms with E-state index in [0.29, 0.717) is 41.1 Å². The molecule has 3 fully saturated rings. The zero-order valence-corrected chi connectivity index (χ0v) is 29.6. The van der Waals surface area contributed by atoms with E-state index in [1.807, 2.05) is 45.9 Å². The predicted molar refractivity (Wildman–Crippen MR) is 184 cm³/mol. The Kier molecular flexibility index (Phi) is 9.15. The van der Waals surface area contributed by atoms with Crippen molar-refractivity contribution in [2.24, 2.45) is 29.1 Å². The molecule has 2 amide bonds. The summed E-state index contributed by atoms with van der Waals surface area (Å²) in [6, 6.07) is 3.96. The first-order chi connectivity index (χ1) is 23.9. The van der Waals surface area contributed by atoms with Gasteiger partial charge in [-0.2, -0.15) is 0 Å². The van der Waals surface area contributed by atoms with Gasteiger partial charge in [-0.3, -0.25) is 14.8 Å². The number of aryl methyl sites for hydroxylation is 1. The fourth-order valence-electron chi connectivity index (χ4n) is 8.44. The van der Waals surface area contributed by atoms with Gasteiger partial charge in [0.1, 0.15) is 42.1 Å². The van der Waals surface area contributed by atoms with E-state index < -0.39 is 35.3 Å². The number of ether oxygens (including phenoxy) is 3. The molecule has 266 valence electrons. The summed E-state index contributed by atoms with van der Waals surface area (Å²) in [5.41, 5.74) is 1.58. The average molecular weight is 685 g/mol. The van der Waals surface area contributed by atoms with Crippen LogP contribution in [-0.4, -0.2) is 73.5 Å². The van der Waals surface area contributed by atoms with Crippen molar-refractivity contribution in [3.8, 4) is 11.6 Å². The van der Waals surface area contributed by atoms with Gasteiger partial charge in [-0.15, -0.1) is 0 Å². The van der Waals surface area contributed by atoms with Crippen molar-refractivity contribution < 1.29 is 28.6 Å². The molecule has 50 heavy (non-hydrogen) atoms. The third-order valence-electron chi connectivity index (χ3n) is 11.3. The average Bonchev–Trinajstić information content (AvgIpc) is 3.67. The molecule has 2 aromatic heterocycles. The zero-order valence-electron chi connectivity index (χ0n) is 29.6. The summed E-state index contributed by atoms with van der Waals surface area (Å²) in [4.78, 5) is 60.3. The number of alkyl carbamates (subject to hydrolysis) is 1. The summed E-state index contributed by atoms with van der Waals surface area (Å²) in [7, 11) is 0. The van der Waals surface area contributed by atoms with Crippen LogP contribution >= 0.6 is 0 Å². The second-order valence-corrected chi connectivity index (χ2v) is 16.0. The molecule has 2 unspecified atom stereocenters. The maximum atomic E-state index is 14.3. The van der Waals surface area contributed by atoms with Gasteiger partial charge in [0.25, 0.3) is 0 Å². The first kappa shape index (κ1) is 34.1. The number of rotatable bonds is 4. The Bertz CT molecular complexity index is 1750. The quantitative estimate of drug-likeness (QED) is 0.352. The highest BCUT2D eigenvalue weighted by atomic mass is 16.6. The van der Waals surface area contributed by atoms with Gasteiger partial charge in [0.15, 0.2) is 0 Å². The molecule has 4 heterocycles. The number of nitrogens with one attached hydrogen (secondary N) is 1. The second kappa shape index (κ2) is 13.4. The first-order valence-electron chi connectivity index (χ1n) is 18.0. The topological polar surface area (TPSA) is 146 Å². The van der Waals surface area contributed by atoms with E-state index in [1.54, 1.807) is 23.5 Å². The highest BCUT2D eigenvalue weighted by molar-refractivity contribution is 5.89. The Morgan fingerprint density at radius 2 is 1.96 bits per heavy atom. The van der Waals surface area contributed by atoms with Crippen LogP contribution in [0.15, 0.2) is 36.8 Å². The number of aldehydes is 1. The third kappa shape index (κ3) is 6.85. The second-order valence-electron chi connectivity index (χ2n) is 16.0. The van der Waals surface area contributed by atoms with Crippen molar-refractivity contribution in [1.82, 2.24) is 30.2 Å². The fourth-order valence-corrected chi connectivity index (χ4v) is 8.44. The molecular weight excluding hydrogens is 636 g/mol. The van der Waals surface area contributed by atoms with Crippen LogP contribution in [0.2, 0.25) is 0 Å². The highest BCUT2D eigenvalue weighted by Crippen LogP contribution is 2.62. The first-order valence-corrected chi connectivity index (χ1v) is 18.0. The van der Waals surface area contributed by atoms with E-state index in [9.17, 15) is 14.4 Å². The third-order valence-corrected chi connectivity index (χ3v) is 11.3. The number of hydrogen-bond acceptors (Lipinski definition) is 10. The van der Waals surface area contributed by atoms with Crippen LogP contribution in [0.3, 0.4) is 0 Å². The van der Waals surface area contributed by atoms with Gasteiger partial charge < -0.3 is 29.2 Å². The van der Waals surface area contributed by atoms with Gasteiger partial charge in [0.2, 0.25) is 11.8 Å². The Morgan fingerprint density at radius 1 is 1.12 bits per heavy atom. The molecular formula is C38H48N6O6. The van der Waals surface area contributed by atoms with Crippen LogP contribution in [0, 0.1) is 29.1 Å². The Labute approximate surface area is 293 Å². The maximum absolute atomic E-state index is 14.3. The normalized spacial score (nSPS) is 31.6. The largest absolute Gasteiger partial charge is 0.487 e. The molecule has 1 saturated heterocycles. The van der Waals surface area contributed by atoms with Crippen LogP contribution < -0.4 is 14.8 Å². The lowest BCUT2D eigenvalue weighted by Crippen LogP contribution is -2.57. The number of hydrogen-bond donors (Lipinski definition) is 1. The number of nitrogens with zero attached hydrogens (tertiary/aromatic N) is 5. The number of carbonyl (C=O) groups is 3. The molecule has 2 aliphatic heterocycles. The molecule has 8 atom stereocenters. The minimum absolute atomic E-state index is 0.163. The summed E-state index contributed by atoms with van der Waals surface area (Å²) in [5, 5.41) is 2.93. The SMILES string of the molecule is C[C@@H]1[C@@H]2CN(C(=O)[C@H](C(C)(C)C)NC(=O)O[C@]3(C)CC4CC4[C@H]3CCCCCc3nc4ccc(OCc5cnccn5)cc4nc3O2)[C@@H]1C=O. The lowest BCUT2D eigenvalue weighted by Gasteiger charge is -2.37. The van der Waals surface area contributed by atoms with Crippen LogP contribution in [0.4, 0.5) is 4.79 Å². The van der Waals surface area contributed by atoms with Crippen molar-refractivity contribution in [1.29, 1.82) is 0 Å². The van der Waals surface area contributed by atoms with Crippen LogP contribution in [-0.2, 0) is 27.4 Å². The Balaban J connectivity index is 1.20.